The van der Waals surface area contributed by atoms with Crippen LogP contribution in [0.1, 0.15) is 117 Å². The van der Waals surface area contributed by atoms with Gasteiger partial charge in [-0.15, -0.1) is 0 Å². The average Bonchev–Trinajstić information content (AvgIpc) is 3.70. The summed E-state index contributed by atoms with van der Waals surface area (Å²) in [5.74, 6) is -8.07. The lowest BCUT2D eigenvalue weighted by Crippen LogP contribution is -2.47. The van der Waals surface area contributed by atoms with E-state index in [9.17, 15) is 51.8 Å². The molecule has 2 amide bonds. The van der Waals surface area contributed by atoms with Crippen LogP contribution < -0.4 is 5.32 Å². The highest BCUT2D eigenvalue weighted by molar-refractivity contribution is 6.38. The van der Waals surface area contributed by atoms with Gasteiger partial charge in [0.15, 0.2) is 23.4 Å². The predicted octanol–water partition coefficient (Wildman–Crippen LogP) is 7.90. The van der Waals surface area contributed by atoms with Crippen LogP contribution in [0.3, 0.4) is 0 Å². The zero-order chi connectivity index (χ0) is 44.1. The first-order chi connectivity index (χ1) is 29.2. The number of carbonyl (C=O) groups is 7. The number of Topliss-reactive ketones (excluding diaryl/α,β-unsaturated/α-hetero) is 4. The minimum Gasteiger partial charge on any atom is -0.479 e. The van der Waals surface area contributed by atoms with Gasteiger partial charge in [-0.1, -0.05) is 111 Å². The number of rotatable bonds is 21. The van der Waals surface area contributed by atoms with Crippen molar-refractivity contribution in [3.8, 4) is 0 Å². The second-order valence-electron chi connectivity index (χ2n) is 16.0. The first-order valence-electron chi connectivity index (χ1n) is 21.0. The lowest BCUT2D eigenvalue weighted by atomic mass is 9.76. The van der Waals surface area contributed by atoms with Crippen molar-refractivity contribution in [1.82, 2.24) is 10.2 Å². The molecular weight excluding hydrogens is 794 g/mol. The summed E-state index contributed by atoms with van der Waals surface area (Å²) in [5.41, 5.74) is -0.439. The molecule has 2 aliphatic rings. The molecule has 0 bridgehead atoms. The Bertz CT molecular complexity index is 2020. The van der Waals surface area contributed by atoms with Crippen molar-refractivity contribution in [2.24, 2.45) is 17.8 Å². The van der Waals surface area contributed by atoms with Gasteiger partial charge in [-0.05, 0) is 42.4 Å². The highest BCUT2D eigenvalue weighted by atomic mass is 19.4. The maximum atomic E-state index is 14.8. The molecule has 11 nitrogen and oxygen atoms in total. The number of carbonyl (C=O) groups excluding carboxylic acids is 6. The summed E-state index contributed by atoms with van der Waals surface area (Å²) in [7, 11) is 0. The molecule has 5 rings (SSSR count). The minimum atomic E-state index is -4.79. The number of alkyl halides is 3. The third-order valence-corrected chi connectivity index (χ3v) is 11.7. The molecule has 3 unspecified atom stereocenters. The van der Waals surface area contributed by atoms with E-state index in [0.29, 0.717) is 24.8 Å². The molecule has 326 valence electrons. The van der Waals surface area contributed by atoms with Crippen LogP contribution in [0.5, 0.6) is 0 Å². The van der Waals surface area contributed by atoms with E-state index < -0.39 is 114 Å². The van der Waals surface area contributed by atoms with Crippen LogP contribution in [0, 0.1) is 17.8 Å². The number of ether oxygens (including phenoxy) is 1. The third-order valence-electron chi connectivity index (χ3n) is 11.7. The Balaban J connectivity index is 1.34. The topological polar surface area (TPSA) is 164 Å². The van der Waals surface area contributed by atoms with E-state index in [0.717, 1.165) is 37.0 Å². The second-order valence-corrected chi connectivity index (χ2v) is 16.0. The molecule has 1 aliphatic carbocycles. The van der Waals surface area contributed by atoms with Crippen LogP contribution in [0.2, 0.25) is 0 Å². The van der Waals surface area contributed by atoms with E-state index in [1.54, 1.807) is 25.1 Å². The molecular formula is C47H53F3N2O9. The van der Waals surface area contributed by atoms with Crippen molar-refractivity contribution in [2.45, 2.75) is 115 Å². The van der Waals surface area contributed by atoms with Gasteiger partial charge < -0.3 is 20.1 Å². The zero-order valence-corrected chi connectivity index (χ0v) is 34.2. The Morgan fingerprint density at radius 3 is 2.11 bits per heavy atom. The molecule has 2 fully saturated rings. The number of ketones is 4. The maximum absolute atomic E-state index is 14.8. The zero-order valence-electron chi connectivity index (χ0n) is 34.2. The molecule has 1 heterocycles. The number of likely N-dealkylation sites (tertiary alicyclic amines) is 1. The minimum absolute atomic E-state index is 0.0284. The van der Waals surface area contributed by atoms with Crippen LogP contribution >= 0.6 is 0 Å². The van der Waals surface area contributed by atoms with Crippen molar-refractivity contribution in [3.05, 3.63) is 107 Å². The molecule has 3 aromatic carbocycles. The molecule has 61 heavy (non-hydrogen) atoms. The largest absolute Gasteiger partial charge is 0.479 e. The summed E-state index contributed by atoms with van der Waals surface area (Å²) in [6, 6.07) is 19.3. The van der Waals surface area contributed by atoms with Crippen molar-refractivity contribution in [1.29, 1.82) is 0 Å². The molecule has 1 saturated carbocycles. The molecule has 1 aliphatic heterocycles. The fourth-order valence-corrected chi connectivity index (χ4v) is 8.54. The molecule has 0 aromatic heterocycles. The van der Waals surface area contributed by atoms with Gasteiger partial charge in [0.05, 0.1) is 24.3 Å². The van der Waals surface area contributed by atoms with Crippen molar-refractivity contribution >= 4 is 40.9 Å². The summed E-state index contributed by atoms with van der Waals surface area (Å²) in [5, 5.41) is 12.0. The highest BCUT2D eigenvalue weighted by Gasteiger charge is 2.46. The van der Waals surface area contributed by atoms with Gasteiger partial charge in [-0.25, -0.2) is 4.79 Å². The van der Waals surface area contributed by atoms with Crippen LogP contribution in [0.4, 0.5) is 13.2 Å². The molecule has 5 atom stereocenters. The van der Waals surface area contributed by atoms with Gasteiger partial charge in [-0.3, -0.25) is 28.8 Å². The molecule has 3 aromatic rings. The van der Waals surface area contributed by atoms with Crippen molar-refractivity contribution < 1.29 is 56.6 Å². The van der Waals surface area contributed by atoms with Crippen molar-refractivity contribution in [3.63, 3.8) is 0 Å². The summed E-state index contributed by atoms with van der Waals surface area (Å²) < 4.78 is 48.2. The number of carboxylic acid groups (broad SMARTS) is 1. The van der Waals surface area contributed by atoms with E-state index in [-0.39, 0.29) is 31.9 Å². The monoisotopic (exact) mass is 846 g/mol. The number of hydrogen-bond donors (Lipinski definition) is 2. The van der Waals surface area contributed by atoms with Gasteiger partial charge in [0, 0.05) is 56.0 Å². The van der Waals surface area contributed by atoms with Gasteiger partial charge in [0.2, 0.25) is 17.6 Å². The van der Waals surface area contributed by atoms with E-state index in [2.05, 4.69) is 5.32 Å². The van der Waals surface area contributed by atoms with Crippen LogP contribution in [0.25, 0.3) is 0 Å². The quantitative estimate of drug-likeness (QED) is 0.0802. The lowest BCUT2D eigenvalue weighted by Gasteiger charge is -2.34. The molecule has 1 saturated heterocycles. The fraction of sp³-hybridized carbons (Fsp3) is 0.468. The van der Waals surface area contributed by atoms with Crippen LogP contribution in [-0.2, 0) is 46.3 Å². The second kappa shape index (κ2) is 21.8. The van der Waals surface area contributed by atoms with Crippen LogP contribution in [0.15, 0.2) is 84.9 Å². The molecule has 2 N–H and O–H groups in total. The Labute approximate surface area is 353 Å². The predicted molar refractivity (Wildman–Crippen MR) is 218 cm³/mol. The summed E-state index contributed by atoms with van der Waals surface area (Å²) in [4.78, 5) is 95.7. The Kier molecular flexibility index (Phi) is 16.7. The first kappa shape index (κ1) is 46.6. The number of amides is 2. The average molecular weight is 847 g/mol. The summed E-state index contributed by atoms with van der Waals surface area (Å²) >= 11 is 0. The molecule has 0 spiro atoms. The number of benzene rings is 3. The van der Waals surface area contributed by atoms with E-state index in [1.165, 1.54) is 29.2 Å². The van der Waals surface area contributed by atoms with Gasteiger partial charge in [-0.2, -0.15) is 13.2 Å². The number of halogens is 3. The maximum Gasteiger partial charge on any atom is 0.417 e. The van der Waals surface area contributed by atoms with Crippen LogP contribution in [-0.4, -0.2) is 69.6 Å². The third kappa shape index (κ3) is 12.8. The normalized spacial score (nSPS) is 18.5. The lowest BCUT2D eigenvalue weighted by molar-refractivity contribution is -0.144. The first-order valence-corrected chi connectivity index (χ1v) is 21.0. The van der Waals surface area contributed by atoms with Gasteiger partial charge >= 0.3 is 12.1 Å². The number of carboxylic acids is 1. The van der Waals surface area contributed by atoms with E-state index >= 15 is 0 Å². The smallest absolute Gasteiger partial charge is 0.417 e. The number of nitrogens with one attached hydrogen (secondary N) is 1. The van der Waals surface area contributed by atoms with Crippen molar-refractivity contribution in [2.75, 3.05) is 6.54 Å². The molecule has 0 radical (unpaired) electrons. The van der Waals surface area contributed by atoms with Gasteiger partial charge in [0.25, 0.3) is 0 Å². The fourth-order valence-electron chi connectivity index (χ4n) is 8.54. The summed E-state index contributed by atoms with van der Waals surface area (Å²) in [6.45, 7) is 1.92. The number of nitrogens with zero attached hydrogens (tertiary/aromatic N) is 1. The number of hydrogen-bond acceptors (Lipinski definition) is 8. The van der Waals surface area contributed by atoms with E-state index in [1.807, 2.05) is 30.3 Å². The number of aliphatic carboxylic acids is 1. The Morgan fingerprint density at radius 1 is 0.836 bits per heavy atom. The highest BCUT2D eigenvalue weighted by Crippen LogP contribution is 2.38. The Morgan fingerprint density at radius 2 is 1.48 bits per heavy atom. The standard InChI is InChI=1S/C47H53F3N2O9/c1-2-14-33(44(57)39(53)23-24-42(56)51-43(46(59)60)32-19-10-5-11-20-32)25-41(55)38-26-34(61-29-30-15-6-3-7-16-30)28-52(38)45(58)36(31-17-8-4-9-18-31)27-40(54)35-21-12-13-22-37(35)47(48,49)50/h3,5-7,10-13,15-16,19-22,31,33-34,36,38,43H,2,4,8-9,14,17-18,23-29H2,1H3,(H,51,56)(H,59,60)/t33?,34-,36?,38+,43?/m1/s1. The molecule has 14 heteroatoms. The SMILES string of the molecule is CCCC(CC(=O)[C@@H]1C[C@@H](OCc2ccccc2)CN1C(=O)C(CC(=O)c1ccccc1C(F)(F)F)C1CCCCC1)C(=O)C(=O)CCC(=O)NC(C(=O)O)c1ccccc1. The van der Waals surface area contributed by atoms with E-state index in [4.69, 9.17) is 4.74 Å². The Hall–Kier alpha value is -5.50. The van der Waals surface area contributed by atoms with Gasteiger partial charge in [0.1, 0.15) is 0 Å². The summed E-state index contributed by atoms with van der Waals surface area (Å²) in [6.07, 6.45) is -3.01.